The van der Waals surface area contributed by atoms with E-state index in [-0.39, 0.29) is 42.6 Å². The third-order valence-electron chi connectivity index (χ3n) is 5.23. The fourth-order valence-electron chi connectivity index (χ4n) is 3.43. The number of aryl methyl sites for hydroxylation is 4. The number of aromatic nitrogens is 8. The van der Waals surface area contributed by atoms with Crippen molar-refractivity contribution in [1.29, 1.82) is 15.8 Å². The summed E-state index contributed by atoms with van der Waals surface area (Å²) in [6.45, 7) is 10.0. The van der Waals surface area contributed by atoms with Crippen molar-refractivity contribution >= 4 is 23.5 Å². The minimum absolute atomic E-state index is 0.000602. The normalized spacial score (nSPS) is 9.40. The summed E-state index contributed by atoms with van der Waals surface area (Å²) in [6, 6.07) is 11.9. The standard InChI is InChI=1S/C8H9N3O.2C7H7N3O2.C6H8N2O/c1-6-5-8(7(2)12)11(10-6)4-3-9;2*1-5-4-6(7(11)12)10(9-5)3-2-8;1-4-3-6(5(2)9)8-7-4/h5H,4H2,1-2H3;2*4H,3H2,1H3,(H,11,12);3H,1-2H3,(H,7,8). The van der Waals surface area contributed by atoms with Crippen molar-refractivity contribution in [2.45, 2.75) is 61.2 Å². The van der Waals surface area contributed by atoms with Crippen molar-refractivity contribution in [3.63, 3.8) is 0 Å². The lowest BCUT2D eigenvalue weighted by molar-refractivity contribution is 0.0673. The van der Waals surface area contributed by atoms with Gasteiger partial charge in [0.25, 0.3) is 0 Å². The highest BCUT2D eigenvalue weighted by Gasteiger charge is 2.12. The van der Waals surface area contributed by atoms with Gasteiger partial charge in [0.15, 0.2) is 11.6 Å². The highest BCUT2D eigenvalue weighted by Crippen LogP contribution is 2.05. The van der Waals surface area contributed by atoms with Crippen molar-refractivity contribution in [3.8, 4) is 18.2 Å². The van der Waals surface area contributed by atoms with E-state index >= 15 is 0 Å². The Morgan fingerprint density at radius 1 is 0.667 bits per heavy atom. The number of nitrogens with zero attached hydrogens (tertiary/aromatic N) is 10. The second kappa shape index (κ2) is 17.5. The zero-order valence-electron chi connectivity index (χ0n) is 25.4. The maximum absolute atomic E-state index is 11.0. The van der Waals surface area contributed by atoms with Gasteiger partial charge < -0.3 is 10.2 Å². The van der Waals surface area contributed by atoms with Crippen LogP contribution in [0.3, 0.4) is 0 Å². The number of carboxylic acid groups (broad SMARTS) is 2. The van der Waals surface area contributed by atoms with Crippen LogP contribution in [0.25, 0.3) is 0 Å². The SMILES string of the molecule is CC(=O)c1cc(C)[nH]n1.CC(=O)c1cc(C)nn1CC#N.Cc1cc(C(=O)O)n(CC#N)n1.Cc1cc(C(=O)O)n(CC#N)n1. The van der Waals surface area contributed by atoms with Crippen molar-refractivity contribution in [1.82, 2.24) is 39.5 Å². The van der Waals surface area contributed by atoms with E-state index in [1.807, 2.05) is 25.1 Å². The predicted octanol–water partition coefficient (Wildman–Crippen LogP) is 2.67. The molecule has 3 N–H and O–H groups in total. The molecule has 17 nitrogen and oxygen atoms in total. The molecule has 0 unspecified atom stereocenters. The molecule has 0 fully saturated rings. The summed E-state index contributed by atoms with van der Waals surface area (Å²) in [4.78, 5) is 42.6. The number of nitrogens with one attached hydrogen (secondary N) is 1. The maximum atomic E-state index is 11.0. The number of rotatable bonds is 7. The van der Waals surface area contributed by atoms with Gasteiger partial charge in [-0.05, 0) is 52.0 Å². The van der Waals surface area contributed by atoms with Crippen LogP contribution in [-0.4, -0.2) is 73.3 Å². The van der Waals surface area contributed by atoms with Crippen molar-refractivity contribution < 1.29 is 29.4 Å². The summed E-state index contributed by atoms with van der Waals surface area (Å²) in [6.07, 6.45) is 0. The highest BCUT2D eigenvalue weighted by atomic mass is 16.4. The monoisotopic (exact) mass is 617 g/mol. The van der Waals surface area contributed by atoms with Crippen LogP contribution in [0.15, 0.2) is 24.3 Å². The number of hydrogen-bond donors (Lipinski definition) is 3. The number of nitriles is 3. The Hall–Kier alpha value is -6.41. The topological polar surface area (TPSA) is 262 Å². The lowest BCUT2D eigenvalue weighted by Gasteiger charge is -1.96. The molecule has 0 atom stereocenters. The summed E-state index contributed by atoms with van der Waals surface area (Å²) in [7, 11) is 0. The first-order chi connectivity index (χ1) is 21.1. The molecule has 4 aromatic rings. The Labute approximate surface area is 257 Å². The molecule has 45 heavy (non-hydrogen) atoms. The van der Waals surface area contributed by atoms with E-state index < -0.39 is 11.9 Å². The molecule has 0 aliphatic carbocycles. The Bertz CT molecular complexity index is 1620. The van der Waals surface area contributed by atoms with Gasteiger partial charge in [-0.1, -0.05) is 0 Å². The van der Waals surface area contributed by atoms with E-state index in [1.54, 1.807) is 32.9 Å². The van der Waals surface area contributed by atoms with E-state index in [4.69, 9.17) is 26.0 Å². The summed E-state index contributed by atoms with van der Waals surface area (Å²) < 4.78 is 3.74. The van der Waals surface area contributed by atoms with Gasteiger partial charge in [0.2, 0.25) is 0 Å². The number of carbonyl (C=O) groups is 4. The van der Waals surface area contributed by atoms with Crippen LogP contribution in [0.1, 0.15) is 78.6 Å². The van der Waals surface area contributed by atoms with Crippen molar-refractivity contribution in [3.05, 3.63) is 69.8 Å². The van der Waals surface area contributed by atoms with Crippen LogP contribution in [0, 0.1) is 61.7 Å². The molecule has 0 spiro atoms. The summed E-state index contributed by atoms with van der Waals surface area (Å²) in [5, 5.41) is 60.4. The minimum Gasteiger partial charge on any atom is -0.477 e. The van der Waals surface area contributed by atoms with Gasteiger partial charge in [-0.15, -0.1) is 0 Å². The van der Waals surface area contributed by atoms with E-state index in [9.17, 15) is 19.2 Å². The van der Waals surface area contributed by atoms with E-state index in [0.29, 0.717) is 22.8 Å². The lowest BCUT2D eigenvalue weighted by atomic mass is 10.3. The molecule has 17 heteroatoms. The number of H-pyrrole nitrogens is 1. The molecule has 0 saturated heterocycles. The Kier molecular flexibility index (Phi) is 14.3. The number of carbonyl (C=O) groups excluding carboxylic acids is 2. The van der Waals surface area contributed by atoms with E-state index in [1.165, 1.54) is 30.7 Å². The zero-order chi connectivity index (χ0) is 34.3. The largest absolute Gasteiger partial charge is 0.477 e. The van der Waals surface area contributed by atoms with Gasteiger partial charge in [-0.25, -0.2) is 23.6 Å². The average Bonchev–Trinajstić information content (AvgIpc) is 3.73. The molecule has 4 heterocycles. The number of hydrogen-bond acceptors (Lipinski definition) is 11. The van der Waals surface area contributed by atoms with Gasteiger partial charge in [-0.3, -0.25) is 14.7 Å². The van der Waals surface area contributed by atoms with Crippen LogP contribution in [0.5, 0.6) is 0 Å². The second-order valence-corrected chi connectivity index (χ2v) is 9.12. The van der Waals surface area contributed by atoms with Crippen LogP contribution >= 0.6 is 0 Å². The molecule has 0 aliphatic heterocycles. The first-order valence-electron chi connectivity index (χ1n) is 12.9. The maximum Gasteiger partial charge on any atom is 0.354 e. The molecule has 4 aromatic heterocycles. The van der Waals surface area contributed by atoms with Crippen LogP contribution in [-0.2, 0) is 19.6 Å². The minimum atomic E-state index is -1.06. The van der Waals surface area contributed by atoms with Crippen molar-refractivity contribution in [2.75, 3.05) is 0 Å². The van der Waals surface area contributed by atoms with E-state index in [2.05, 4.69) is 25.5 Å². The number of Topliss-reactive ketones (excluding diaryl/α,β-unsaturated/α-hetero) is 2. The third-order valence-corrected chi connectivity index (χ3v) is 5.23. The fraction of sp³-hybridized carbons (Fsp3) is 0.321. The Morgan fingerprint density at radius 2 is 1.02 bits per heavy atom. The molecular weight excluding hydrogens is 586 g/mol. The molecule has 0 radical (unpaired) electrons. The first-order valence-corrected chi connectivity index (χ1v) is 12.9. The number of aromatic amines is 1. The van der Waals surface area contributed by atoms with Crippen LogP contribution in [0.4, 0.5) is 0 Å². The molecule has 4 rings (SSSR count). The first kappa shape index (κ1) is 36.6. The van der Waals surface area contributed by atoms with Gasteiger partial charge in [-0.2, -0.15) is 36.2 Å². The smallest absolute Gasteiger partial charge is 0.354 e. The van der Waals surface area contributed by atoms with Gasteiger partial charge in [0.05, 0.1) is 35.3 Å². The molecule has 0 bridgehead atoms. The summed E-state index contributed by atoms with van der Waals surface area (Å²) in [5.74, 6) is -2.19. The summed E-state index contributed by atoms with van der Waals surface area (Å²) in [5.41, 5.74) is 3.98. The molecule has 0 saturated carbocycles. The number of carboxylic acids is 2. The molecule has 0 aromatic carbocycles. The fourth-order valence-corrected chi connectivity index (χ4v) is 3.43. The molecular formula is C28H31N11O6. The molecule has 0 amide bonds. The Balaban J connectivity index is 0.000000302. The Morgan fingerprint density at radius 3 is 1.27 bits per heavy atom. The quantitative estimate of drug-likeness (QED) is 0.252. The highest BCUT2D eigenvalue weighted by molar-refractivity contribution is 5.92. The van der Waals surface area contributed by atoms with Gasteiger partial charge in [0.1, 0.15) is 42.4 Å². The zero-order valence-corrected chi connectivity index (χ0v) is 25.4. The van der Waals surface area contributed by atoms with E-state index in [0.717, 1.165) is 20.8 Å². The summed E-state index contributed by atoms with van der Waals surface area (Å²) >= 11 is 0. The van der Waals surface area contributed by atoms with Gasteiger partial charge in [0, 0.05) is 19.5 Å². The third kappa shape index (κ3) is 11.8. The molecule has 234 valence electrons. The number of ketones is 2. The van der Waals surface area contributed by atoms with Crippen molar-refractivity contribution in [2.24, 2.45) is 0 Å². The van der Waals surface area contributed by atoms with Crippen LogP contribution < -0.4 is 0 Å². The predicted molar refractivity (Wildman–Crippen MR) is 155 cm³/mol. The second-order valence-electron chi connectivity index (χ2n) is 9.12. The molecule has 0 aliphatic rings. The number of aromatic carboxylic acids is 2. The average molecular weight is 618 g/mol. The van der Waals surface area contributed by atoms with Gasteiger partial charge >= 0.3 is 11.9 Å². The lowest BCUT2D eigenvalue weighted by Crippen LogP contribution is -2.08. The van der Waals surface area contributed by atoms with Crippen LogP contribution in [0.2, 0.25) is 0 Å².